The van der Waals surface area contributed by atoms with Crippen molar-refractivity contribution in [2.24, 2.45) is 0 Å². The van der Waals surface area contributed by atoms with Crippen molar-refractivity contribution in [2.45, 2.75) is 6.92 Å². The summed E-state index contributed by atoms with van der Waals surface area (Å²) in [6.07, 6.45) is 0. The average molecular weight is 624 g/mol. The zero-order valence-electron chi connectivity index (χ0n) is 24.9. The molecule has 0 aliphatic heterocycles. The fraction of sp³-hybridized carbons (Fsp3) is 0.0263. The summed E-state index contributed by atoms with van der Waals surface area (Å²) < 4.78 is 1.87. The van der Waals surface area contributed by atoms with Crippen molar-refractivity contribution in [3.63, 3.8) is 0 Å². The lowest BCUT2D eigenvalue weighted by atomic mass is 10.0. The molecule has 0 atom stereocenters. The van der Waals surface area contributed by atoms with E-state index >= 15 is 0 Å². The van der Waals surface area contributed by atoms with Crippen molar-refractivity contribution >= 4 is 62.1 Å². The molecule has 7 aromatic rings. The molecule has 7 rings (SSSR count). The Kier molecular flexibility index (Phi) is 7.31. The maximum Gasteiger partial charge on any atom is 0.337 e. The van der Waals surface area contributed by atoms with Crippen LogP contribution in [0.25, 0.3) is 33.2 Å². The Morgan fingerprint density at radius 1 is 0.696 bits per heavy atom. The van der Waals surface area contributed by atoms with Crippen LogP contribution in [0, 0.1) is 4.91 Å². The summed E-state index contributed by atoms with van der Waals surface area (Å²) in [5, 5.41) is 30.5. The number of para-hydroxylation sites is 2. The van der Waals surface area contributed by atoms with E-state index in [2.05, 4.69) is 5.32 Å². The Hall–Kier alpha value is -5.78. The molecule has 0 saturated heterocycles. The molecule has 1 amide bonds. The van der Waals surface area contributed by atoms with Crippen molar-refractivity contribution < 1.29 is 19.5 Å². The molecule has 0 fully saturated rings. The first-order valence-electron chi connectivity index (χ1n) is 14.8. The highest BCUT2D eigenvalue weighted by atomic mass is 31.2. The summed E-state index contributed by atoms with van der Waals surface area (Å²) in [5.41, 5.74) is 2.69. The number of nitrogens with one attached hydrogen (secondary N) is 1. The van der Waals surface area contributed by atoms with E-state index in [1.165, 1.54) is 6.92 Å². The number of phenols is 1. The number of benzene rings is 6. The Morgan fingerprint density at radius 3 is 1.72 bits per heavy atom. The van der Waals surface area contributed by atoms with Gasteiger partial charge in [-0.25, -0.2) is 0 Å². The molecule has 0 aliphatic rings. The van der Waals surface area contributed by atoms with Gasteiger partial charge >= 0.3 is 5.52 Å². The van der Waals surface area contributed by atoms with E-state index in [0.717, 1.165) is 25.1 Å². The van der Waals surface area contributed by atoms with E-state index in [1.807, 2.05) is 91.0 Å². The standard InChI is InChI=1S/C38H28N3O4P/c1-26(42)39-28-23-21-27(22-24-28)32-25-35-36(41(45)34-20-12-11-19-33(34)40(35)44)38(37(32)43)46(29-13-5-2-6-14-29,30-15-7-3-8-16-30)31-17-9-4-10-18-31/h2-25,44H,1H3/p+2. The highest BCUT2D eigenvalue weighted by molar-refractivity contribution is 8.02. The Labute approximate surface area is 265 Å². The predicted octanol–water partition coefficient (Wildman–Crippen LogP) is 5.90. The van der Waals surface area contributed by atoms with Crippen LogP contribution < -0.4 is 31.0 Å². The molecule has 1 aromatic heterocycles. The Morgan fingerprint density at radius 2 is 1.20 bits per heavy atom. The molecule has 0 spiro atoms. The van der Waals surface area contributed by atoms with E-state index in [-0.39, 0.29) is 28.2 Å². The molecule has 0 bridgehead atoms. The molecule has 0 radical (unpaired) electrons. The number of aromatic nitrogens is 2. The van der Waals surface area contributed by atoms with Gasteiger partial charge in [0.15, 0.2) is 24.0 Å². The van der Waals surface area contributed by atoms with Gasteiger partial charge in [0.1, 0.15) is 15.9 Å². The predicted molar refractivity (Wildman–Crippen MR) is 186 cm³/mol. The highest BCUT2D eigenvalue weighted by Gasteiger charge is 2.54. The topological polar surface area (TPSA) is 97.5 Å². The van der Waals surface area contributed by atoms with Gasteiger partial charge in [-0.05, 0) is 66.2 Å². The zero-order chi connectivity index (χ0) is 31.8. The van der Waals surface area contributed by atoms with Crippen LogP contribution in [0.1, 0.15) is 6.92 Å². The van der Waals surface area contributed by atoms with Gasteiger partial charge in [-0.3, -0.25) is 4.79 Å². The van der Waals surface area contributed by atoms with Crippen LogP contribution in [-0.4, -0.2) is 21.0 Å². The highest BCUT2D eigenvalue weighted by Crippen LogP contribution is 2.58. The van der Waals surface area contributed by atoms with Crippen LogP contribution in [-0.2, 0) is 4.79 Å². The summed E-state index contributed by atoms with van der Waals surface area (Å²) in [5.74, 6) is -0.260. The van der Waals surface area contributed by atoms with E-state index in [4.69, 9.17) is 0 Å². The third-order valence-corrected chi connectivity index (χ3v) is 12.6. The molecule has 0 aliphatic carbocycles. The summed E-state index contributed by atoms with van der Waals surface area (Å²) in [7, 11) is -3.04. The van der Waals surface area contributed by atoms with E-state index in [9.17, 15) is 20.0 Å². The second-order valence-electron chi connectivity index (χ2n) is 11.0. The SMILES string of the molecule is CC(=O)Nc1ccc(-c2cc3c(c([P+](c4ccccc4)(c4ccccc4)c4ccccc4)c2O)[n+](=O)c2ccccc2n3O)cc1. The lowest BCUT2D eigenvalue weighted by Crippen LogP contribution is -2.41. The monoisotopic (exact) mass is 623 g/mol. The quantitative estimate of drug-likeness (QED) is 0.0931. The maximum atomic E-state index is 14.6. The Bertz CT molecular complexity index is 2190. The number of carbonyl (C=O) groups is 1. The Balaban J connectivity index is 1.73. The maximum absolute atomic E-state index is 14.6. The lowest BCUT2D eigenvalue weighted by molar-refractivity contribution is -0.432. The molecule has 0 saturated carbocycles. The first-order chi connectivity index (χ1) is 22.4. The van der Waals surface area contributed by atoms with Gasteiger partial charge in [0.2, 0.25) is 11.2 Å². The largest absolute Gasteiger partial charge is 0.503 e. The minimum atomic E-state index is -3.04. The first-order valence-corrected chi connectivity index (χ1v) is 16.6. The number of phenolic OH excluding ortho intramolecular Hbond substituents is 1. The molecule has 1 heterocycles. The van der Waals surface area contributed by atoms with Gasteiger partial charge < -0.3 is 15.6 Å². The van der Waals surface area contributed by atoms with Crippen molar-refractivity contribution in [1.29, 1.82) is 0 Å². The summed E-state index contributed by atoms with van der Waals surface area (Å²) >= 11 is 0. The van der Waals surface area contributed by atoms with Crippen LogP contribution in [0.5, 0.6) is 5.75 Å². The van der Waals surface area contributed by atoms with Crippen LogP contribution in [0.2, 0.25) is 0 Å². The van der Waals surface area contributed by atoms with Gasteiger partial charge in [-0.2, -0.15) is 4.73 Å². The van der Waals surface area contributed by atoms with Gasteiger partial charge in [-0.15, -0.1) is 0 Å². The number of hydrogen-bond donors (Lipinski definition) is 3. The zero-order valence-corrected chi connectivity index (χ0v) is 25.8. The first kappa shape index (κ1) is 29.0. The van der Waals surface area contributed by atoms with Gasteiger partial charge in [0, 0.05) is 29.1 Å². The summed E-state index contributed by atoms with van der Waals surface area (Å²) in [6.45, 7) is 1.44. The van der Waals surface area contributed by atoms with Crippen LogP contribution in [0.4, 0.5) is 5.69 Å². The van der Waals surface area contributed by atoms with Crippen molar-refractivity contribution in [3.8, 4) is 16.9 Å². The fourth-order valence-corrected chi connectivity index (χ4v) is 10.8. The van der Waals surface area contributed by atoms with Gasteiger partial charge in [0.05, 0.1) is 4.43 Å². The number of amides is 1. The fourth-order valence-electron chi connectivity index (χ4n) is 6.32. The molecule has 6 aromatic carbocycles. The molecule has 224 valence electrons. The molecule has 46 heavy (non-hydrogen) atoms. The van der Waals surface area contributed by atoms with Crippen LogP contribution in [0.15, 0.2) is 146 Å². The number of anilines is 1. The van der Waals surface area contributed by atoms with Crippen molar-refractivity contribution in [1.82, 2.24) is 4.73 Å². The number of carbonyl (C=O) groups excluding carboxylic acids is 1. The van der Waals surface area contributed by atoms with E-state index in [1.54, 1.807) is 54.6 Å². The number of rotatable bonds is 6. The molecule has 0 unspecified atom stereocenters. The molecule has 3 N–H and O–H groups in total. The smallest absolute Gasteiger partial charge is 0.337 e. The second kappa shape index (κ2) is 11.6. The number of fused-ring (bicyclic) bond motifs is 2. The summed E-state index contributed by atoms with van der Waals surface area (Å²) in [4.78, 5) is 26.3. The molecule has 7 nitrogen and oxygen atoms in total. The third kappa shape index (κ3) is 4.61. The van der Waals surface area contributed by atoms with E-state index < -0.39 is 7.26 Å². The lowest BCUT2D eigenvalue weighted by Gasteiger charge is -2.28. The van der Waals surface area contributed by atoms with Crippen molar-refractivity contribution in [2.75, 3.05) is 5.32 Å². The van der Waals surface area contributed by atoms with Crippen LogP contribution >= 0.6 is 7.26 Å². The number of nitrogens with zero attached hydrogens (tertiary/aromatic N) is 2. The minimum Gasteiger partial charge on any atom is -0.503 e. The van der Waals surface area contributed by atoms with E-state index in [0.29, 0.717) is 27.6 Å². The number of hydrogen-bond acceptors (Lipinski definition) is 4. The normalized spacial score (nSPS) is 11.5. The average Bonchev–Trinajstić information content (AvgIpc) is 3.10. The summed E-state index contributed by atoms with van der Waals surface area (Å²) in [6, 6.07) is 45.5. The third-order valence-electron chi connectivity index (χ3n) is 8.27. The molecular weight excluding hydrogens is 593 g/mol. The van der Waals surface area contributed by atoms with Crippen LogP contribution in [0.3, 0.4) is 0 Å². The molecule has 8 heteroatoms. The van der Waals surface area contributed by atoms with Gasteiger partial charge in [0.25, 0.3) is 5.52 Å². The second-order valence-corrected chi connectivity index (χ2v) is 14.4. The van der Waals surface area contributed by atoms with Crippen molar-refractivity contribution in [3.05, 3.63) is 150 Å². The van der Waals surface area contributed by atoms with Gasteiger partial charge in [-0.1, -0.05) is 78.9 Å². The minimum absolute atomic E-state index is 0.0652. The number of aromatic hydroxyl groups is 1. The molecular formula is C38H30N3O4P+2.